The zero-order chi connectivity index (χ0) is 19.1. The predicted molar refractivity (Wildman–Crippen MR) is 113 cm³/mol. The number of benzene rings is 2. The average molecular weight is 405 g/mol. The number of nitrogens with two attached hydrogens (primary N) is 1. The van der Waals surface area contributed by atoms with Crippen molar-refractivity contribution in [1.82, 2.24) is 5.32 Å². The molecule has 1 fully saturated rings. The van der Waals surface area contributed by atoms with Gasteiger partial charge in [-0.25, -0.2) is 0 Å². The van der Waals surface area contributed by atoms with E-state index >= 15 is 0 Å². The third-order valence-corrected chi connectivity index (χ3v) is 4.96. The van der Waals surface area contributed by atoms with Crippen LogP contribution in [0.2, 0.25) is 0 Å². The lowest BCUT2D eigenvalue weighted by Gasteiger charge is -2.20. The van der Waals surface area contributed by atoms with E-state index in [2.05, 4.69) is 5.32 Å². The van der Waals surface area contributed by atoms with Crippen molar-refractivity contribution in [2.75, 3.05) is 7.11 Å². The molecule has 2 aromatic rings. The predicted octanol–water partition coefficient (Wildman–Crippen LogP) is 3.62. The Balaban J connectivity index is 0.00000280. The number of hydrogen-bond donors (Lipinski definition) is 2. The van der Waals surface area contributed by atoms with E-state index < -0.39 is 6.04 Å². The van der Waals surface area contributed by atoms with Gasteiger partial charge in [-0.05, 0) is 43.7 Å². The van der Waals surface area contributed by atoms with Gasteiger partial charge in [0, 0.05) is 12.1 Å². The van der Waals surface area contributed by atoms with Crippen LogP contribution in [-0.2, 0) is 17.8 Å². The lowest BCUT2D eigenvalue weighted by Crippen LogP contribution is -2.41. The first-order valence-electron chi connectivity index (χ1n) is 9.57. The Morgan fingerprint density at radius 3 is 2.54 bits per heavy atom. The summed E-state index contributed by atoms with van der Waals surface area (Å²) in [6.07, 6.45) is 5.24. The van der Waals surface area contributed by atoms with Crippen LogP contribution < -0.4 is 20.5 Å². The van der Waals surface area contributed by atoms with E-state index in [9.17, 15) is 4.79 Å². The molecule has 1 aliphatic rings. The fourth-order valence-corrected chi connectivity index (χ4v) is 3.44. The van der Waals surface area contributed by atoms with Gasteiger partial charge < -0.3 is 20.5 Å². The molecule has 1 aliphatic carbocycles. The highest BCUT2D eigenvalue weighted by Gasteiger charge is 2.21. The summed E-state index contributed by atoms with van der Waals surface area (Å²) in [7, 11) is 1.63. The Morgan fingerprint density at radius 1 is 1.14 bits per heavy atom. The Kier molecular flexibility index (Phi) is 8.61. The quantitative estimate of drug-likeness (QED) is 0.704. The molecule has 0 heterocycles. The summed E-state index contributed by atoms with van der Waals surface area (Å²) < 4.78 is 11.7. The van der Waals surface area contributed by atoms with Crippen molar-refractivity contribution in [1.29, 1.82) is 0 Å². The molecule has 0 spiro atoms. The highest BCUT2D eigenvalue weighted by Crippen LogP contribution is 2.34. The second-order valence-electron chi connectivity index (χ2n) is 6.99. The Hall–Kier alpha value is -2.24. The minimum Gasteiger partial charge on any atom is -0.493 e. The standard InChI is InChI=1S/C22H28N2O3.ClH/c1-26-20-13-7-10-17(21(20)27-18-11-5-6-12-18)15-24-22(25)19(23)14-16-8-3-2-4-9-16;/h2-4,7-10,13,18-19H,5-6,11-12,14-15,23H2,1H3,(H,24,25);1H/t19-;/m0./s1. The van der Waals surface area contributed by atoms with Gasteiger partial charge in [0.15, 0.2) is 11.5 Å². The fourth-order valence-electron chi connectivity index (χ4n) is 3.44. The SMILES string of the molecule is COc1cccc(CNC(=O)[C@@H](N)Cc2ccccc2)c1OC1CCCC1.Cl. The Labute approximate surface area is 173 Å². The highest BCUT2D eigenvalue weighted by molar-refractivity contribution is 5.85. The first kappa shape index (κ1) is 22.1. The molecule has 1 atom stereocenters. The molecule has 0 aromatic heterocycles. The van der Waals surface area contributed by atoms with Crippen molar-refractivity contribution in [2.45, 2.75) is 50.8 Å². The van der Waals surface area contributed by atoms with Gasteiger partial charge in [-0.3, -0.25) is 4.79 Å². The fraction of sp³-hybridized carbons (Fsp3) is 0.409. The lowest BCUT2D eigenvalue weighted by molar-refractivity contribution is -0.122. The first-order chi connectivity index (χ1) is 13.2. The van der Waals surface area contributed by atoms with Gasteiger partial charge in [0.1, 0.15) is 0 Å². The smallest absolute Gasteiger partial charge is 0.237 e. The van der Waals surface area contributed by atoms with Crippen LogP contribution in [0.4, 0.5) is 0 Å². The molecule has 0 unspecified atom stereocenters. The van der Waals surface area contributed by atoms with E-state index in [1.807, 2.05) is 48.5 Å². The third-order valence-electron chi connectivity index (χ3n) is 4.96. The van der Waals surface area contributed by atoms with Gasteiger partial charge in [0.2, 0.25) is 5.91 Å². The van der Waals surface area contributed by atoms with E-state index in [0.717, 1.165) is 29.7 Å². The zero-order valence-electron chi connectivity index (χ0n) is 16.2. The number of ether oxygens (including phenoxy) is 2. The van der Waals surface area contributed by atoms with Gasteiger partial charge in [0.05, 0.1) is 19.3 Å². The van der Waals surface area contributed by atoms with Crippen LogP contribution in [0, 0.1) is 0 Å². The number of methoxy groups -OCH3 is 1. The van der Waals surface area contributed by atoms with Gasteiger partial charge in [0.25, 0.3) is 0 Å². The minimum atomic E-state index is -0.586. The highest BCUT2D eigenvalue weighted by atomic mass is 35.5. The number of rotatable bonds is 8. The molecule has 1 amide bonds. The topological polar surface area (TPSA) is 73.6 Å². The summed E-state index contributed by atoms with van der Waals surface area (Å²) in [4.78, 5) is 12.4. The molecule has 28 heavy (non-hydrogen) atoms. The third kappa shape index (κ3) is 5.88. The lowest BCUT2D eigenvalue weighted by atomic mass is 10.1. The Bertz CT molecular complexity index is 749. The number of carbonyl (C=O) groups is 1. The van der Waals surface area contributed by atoms with Gasteiger partial charge >= 0.3 is 0 Å². The molecule has 0 bridgehead atoms. The van der Waals surface area contributed by atoms with E-state index in [1.165, 1.54) is 12.8 Å². The summed E-state index contributed by atoms with van der Waals surface area (Å²) in [6, 6.07) is 15.0. The molecule has 6 heteroatoms. The maximum Gasteiger partial charge on any atom is 0.237 e. The summed E-state index contributed by atoms with van der Waals surface area (Å²) in [6.45, 7) is 0.362. The summed E-state index contributed by atoms with van der Waals surface area (Å²) in [5, 5.41) is 2.94. The summed E-state index contributed by atoms with van der Waals surface area (Å²) in [5.41, 5.74) is 8.02. The van der Waals surface area contributed by atoms with Gasteiger partial charge in [-0.2, -0.15) is 0 Å². The van der Waals surface area contributed by atoms with Crippen LogP contribution in [0.25, 0.3) is 0 Å². The maximum absolute atomic E-state index is 12.4. The van der Waals surface area contributed by atoms with Crippen molar-refractivity contribution in [3.63, 3.8) is 0 Å². The van der Waals surface area contributed by atoms with E-state index in [-0.39, 0.29) is 24.4 Å². The molecule has 3 N–H and O–H groups in total. The average Bonchev–Trinajstić information content (AvgIpc) is 3.20. The number of para-hydroxylation sites is 1. The zero-order valence-corrected chi connectivity index (χ0v) is 17.0. The monoisotopic (exact) mass is 404 g/mol. The van der Waals surface area contributed by atoms with Crippen molar-refractivity contribution < 1.29 is 14.3 Å². The van der Waals surface area contributed by atoms with Crippen molar-refractivity contribution >= 4 is 18.3 Å². The van der Waals surface area contributed by atoms with Crippen LogP contribution in [-0.4, -0.2) is 25.2 Å². The number of amides is 1. The molecule has 2 aromatic carbocycles. The van der Waals surface area contributed by atoms with Crippen molar-refractivity contribution in [3.05, 3.63) is 59.7 Å². The second kappa shape index (κ2) is 10.9. The number of halogens is 1. The van der Waals surface area contributed by atoms with Gasteiger partial charge in [-0.1, -0.05) is 42.5 Å². The molecule has 0 aliphatic heterocycles. The minimum absolute atomic E-state index is 0. The van der Waals surface area contributed by atoms with Crippen molar-refractivity contribution in [2.24, 2.45) is 5.73 Å². The number of nitrogens with one attached hydrogen (secondary N) is 1. The molecule has 152 valence electrons. The van der Waals surface area contributed by atoms with Crippen LogP contribution in [0.1, 0.15) is 36.8 Å². The van der Waals surface area contributed by atoms with Crippen LogP contribution in [0.5, 0.6) is 11.5 Å². The van der Waals surface area contributed by atoms with Gasteiger partial charge in [-0.15, -0.1) is 12.4 Å². The Morgan fingerprint density at radius 2 is 1.86 bits per heavy atom. The van der Waals surface area contributed by atoms with Crippen molar-refractivity contribution in [3.8, 4) is 11.5 Å². The first-order valence-corrected chi connectivity index (χ1v) is 9.57. The maximum atomic E-state index is 12.4. The van der Waals surface area contributed by atoms with Crippen LogP contribution in [0.15, 0.2) is 48.5 Å². The molecule has 1 saturated carbocycles. The largest absolute Gasteiger partial charge is 0.493 e. The molecule has 3 rings (SSSR count). The molecule has 0 radical (unpaired) electrons. The van der Waals surface area contributed by atoms with Crippen LogP contribution >= 0.6 is 12.4 Å². The number of hydrogen-bond acceptors (Lipinski definition) is 4. The summed E-state index contributed by atoms with van der Waals surface area (Å²) >= 11 is 0. The van der Waals surface area contributed by atoms with E-state index in [0.29, 0.717) is 18.7 Å². The van der Waals surface area contributed by atoms with E-state index in [4.69, 9.17) is 15.2 Å². The molecule has 5 nitrogen and oxygen atoms in total. The number of carbonyl (C=O) groups excluding carboxylic acids is 1. The van der Waals surface area contributed by atoms with E-state index in [1.54, 1.807) is 7.11 Å². The molecular weight excluding hydrogens is 376 g/mol. The second-order valence-corrected chi connectivity index (χ2v) is 6.99. The summed E-state index contributed by atoms with van der Waals surface area (Å²) in [5.74, 6) is 1.25. The molecule has 0 saturated heterocycles. The normalized spacial score (nSPS) is 14.8. The van der Waals surface area contributed by atoms with Crippen LogP contribution in [0.3, 0.4) is 0 Å². The molecular formula is C22H29ClN2O3.